The molecule has 1 N–H and O–H groups in total. The Labute approximate surface area is 108 Å². The first-order valence-electron chi connectivity index (χ1n) is 6.05. The van der Waals surface area contributed by atoms with Gasteiger partial charge in [-0.25, -0.2) is 4.98 Å². The second kappa shape index (κ2) is 6.17. The summed E-state index contributed by atoms with van der Waals surface area (Å²) in [6, 6.07) is 14.5. The van der Waals surface area contributed by atoms with Crippen molar-refractivity contribution in [2.75, 3.05) is 12.4 Å². The van der Waals surface area contributed by atoms with Crippen molar-refractivity contribution in [1.82, 2.24) is 4.98 Å². The Morgan fingerprint density at radius 2 is 1.94 bits per heavy atom. The smallest absolute Gasteiger partial charge is 0.131 e. The number of rotatable bonds is 5. The molecule has 94 valence electrons. The number of aromatic nitrogens is 1. The molecule has 1 aromatic heterocycles. The Hall–Kier alpha value is -1.87. The number of anilines is 1. The van der Waals surface area contributed by atoms with Crippen LogP contribution in [0.4, 0.5) is 5.82 Å². The Morgan fingerprint density at radius 1 is 1.17 bits per heavy atom. The highest BCUT2D eigenvalue weighted by Gasteiger charge is 2.08. The zero-order valence-corrected chi connectivity index (χ0v) is 10.8. The van der Waals surface area contributed by atoms with E-state index in [4.69, 9.17) is 4.74 Å². The van der Waals surface area contributed by atoms with Gasteiger partial charge in [-0.2, -0.15) is 0 Å². The normalized spacial score (nSPS) is 12.1. The predicted molar refractivity (Wildman–Crippen MR) is 73.4 cm³/mol. The van der Waals surface area contributed by atoms with Gasteiger partial charge in [0.25, 0.3) is 0 Å². The zero-order chi connectivity index (χ0) is 12.8. The van der Waals surface area contributed by atoms with Gasteiger partial charge in [-0.05, 0) is 18.6 Å². The molecular formula is C15H18N2O. The molecule has 0 aliphatic carbocycles. The molecular weight excluding hydrogens is 224 g/mol. The number of methoxy groups -OCH3 is 1. The molecule has 18 heavy (non-hydrogen) atoms. The lowest BCUT2D eigenvalue weighted by molar-refractivity contribution is 0.185. The fourth-order valence-corrected chi connectivity index (χ4v) is 1.87. The van der Waals surface area contributed by atoms with Gasteiger partial charge in [-0.15, -0.1) is 0 Å². The van der Waals surface area contributed by atoms with E-state index >= 15 is 0 Å². The number of nitrogens with zero attached hydrogens (tertiary/aromatic N) is 1. The van der Waals surface area contributed by atoms with Gasteiger partial charge in [-0.1, -0.05) is 36.4 Å². The van der Waals surface area contributed by atoms with Crippen molar-refractivity contribution in [1.29, 1.82) is 0 Å². The molecule has 0 fully saturated rings. The summed E-state index contributed by atoms with van der Waals surface area (Å²) in [6.07, 6.45) is 1.79. The van der Waals surface area contributed by atoms with Crippen LogP contribution >= 0.6 is 0 Å². The molecule has 0 saturated heterocycles. The number of nitrogens with one attached hydrogen (secondary N) is 1. The maximum Gasteiger partial charge on any atom is 0.131 e. The molecule has 2 rings (SSSR count). The molecule has 0 radical (unpaired) electrons. The van der Waals surface area contributed by atoms with Crippen LogP contribution in [0.5, 0.6) is 0 Å². The number of benzene rings is 1. The number of pyridine rings is 1. The molecule has 0 bridgehead atoms. The molecule has 1 aromatic carbocycles. The van der Waals surface area contributed by atoms with E-state index in [1.807, 2.05) is 30.3 Å². The molecule has 1 unspecified atom stereocenters. The van der Waals surface area contributed by atoms with Crippen LogP contribution in [-0.2, 0) is 11.3 Å². The highest BCUT2D eigenvalue weighted by Crippen LogP contribution is 2.20. The van der Waals surface area contributed by atoms with Crippen molar-refractivity contribution in [3.8, 4) is 0 Å². The minimum Gasteiger partial charge on any atom is -0.380 e. The van der Waals surface area contributed by atoms with E-state index in [2.05, 4.69) is 29.4 Å². The maximum absolute atomic E-state index is 5.18. The lowest BCUT2D eigenvalue weighted by atomic mass is 10.1. The summed E-state index contributed by atoms with van der Waals surface area (Å²) in [7, 11) is 1.69. The summed E-state index contributed by atoms with van der Waals surface area (Å²) in [5.74, 6) is 0.885. The minimum atomic E-state index is 0.219. The standard InChI is InChI=1S/C15H18N2O/c1-12(13-7-4-3-5-8-13)17-15-14(11-18-2)9-6-10-16-15/h3-10,12H,11H2,1-2H3,(H,16,17). The fourth-order valence-electron chi connectivity index (χ4n) is 1.87. The molecule has 0 amide bonds. The zero-order valence-electron chi connectivity index (χ0n) is 10.8. The molecule has 0 spiro atoms. The first-order valence-corrected chi connectivity index (χ1v) is 6.05. The van der Waals surface area contributed by atoms with Gasteiger partial charge in [0.2, 0.25) is 0 Å². The first kappa shape index (κ1) is 12.6. The average molecular weight is 242 g/mol. The van der Waals surface area contributed by atoms with Gasteiger partial charge in [0.1, 0.15) is 5.82 Å². The first-order chi connectivity index (χ1) is 8.81. The van der Waals surface area contributed by atoms with Gasteiger partial charge >= 0.3 is 0 Å². The second-order valence-corrected chi connectivity index (χ2v) is 4.22. The summed E-state index contributed by atoms with van der Waals surface area (Å²) in [5, 5.41) is 3.42. The van der Waals surface area contributed by atoms with Crippen LogP contribution < -0.4 is 5.32 Å². The molecule has 2 aromatic rings. The van der Waals surface area contributed by atoms with Crippen LogP contribution in [0, 0.1) is 0 Å². The molecule has 0 saturated carbocycles. The Kier molecular flexibility index (Phi) is 4.31. The molecule has 0 aliphatic heterocycles. The molecule has 0 aliphatic rings. The highest BCUT2D eigenvalue weighted by atomic mass is 16.5. The fraction of sp³-hybridized carbons (Fsp3) is 0.267. The van der Waals surface area contributed by atoms with Crippen LogP contribution in [0.1, 0.15) is 24.1 Å². The second-order valence-electron chi connectivity index (χ2n) is 4.22. The van der Waals surface area contributed by atoms with Crippen LogP contribution in [0.15, 0.2) is 48.7 Å². The van der Waals surface area contributed by atoms with Crippen molar-refractivity contribution < 1.29 is 4.74 Å². The van der Waals surface area contributed by atoms with Crippen molar-refractivity contribution >= 4 is 5.82 Å². The van der Waals surface area contributed by atoms with E-state index < -0.39 is 0 Å². The Balaban J connectivity index is 2.14. The summed E-state index contributed by atoms with van der Waals surface area (Å²) in [5.41, 5.74) is 2.31. The topological polar surface area (TPSA) is 34.1 Å². The van der Waals surface area contributed by atoms with Crippen molar-refractivity contribution in [3.05, 3.63) is 59.8 Å². The van der Waals surface area contributed by atoms with Crippen LogP contribution in [-0.4, -0.2) is 12.1 Å². The van der Waals surface area contributed by atoms with Gasteiger partial charge in [0.05, 0.1) is 6.61 Å². The van der Waals surface area contributed by atoms with E-state index in [0.717, 1.165) is 11.4 Å². The lowest BCUT2D eigenvalue weighted by Gasteiger charge is -2.17. The minimum absolute atomic E-state index is 0.219. The van der Waals surface area contributed by atoms with E-state index in [1.165, 1.54) is 5.56 Å². The maximum atomic E-state index is 5.18. The third-order valence-electron chi connectivity index (χ3n) is 2.84. The summed E-state index contributed by atoms with van der Waals surface area (Å²) >= 11 is 0. The predicted octanol–water partition coefficient (Wildman–Crippen LogP) is 3.40. The molecule has 1 atom stereocenters. The Bertz CT molecular complexity index is 485. The Morgan fingerprint density at radius 3 is 2.67 bits per heavy atom. The van der Waals surface area contributed by atoms with Gasteiger partial charge in [0, 0.05) is 24.9 Å². The number of ether oxygens (including phenoxy) is 1. The van der Waals surface area contributed by atoms with Crippen LogP contribution in [0.2, 0.25) is 0 Å². The highest BCUT2D eigenvalue weighted by molar-refractivity contribution is 5.45. The van der Waals surface area contributed by atoms with E-state index in [1.54, 1.807) is 13.3 Å². The summed E-state index contributed by atoms with van der Waals surface area (Å²) in [4.78, 5) is 4.37. The van der Waals surface area contributed by atoms with Crippen molar-refractivity contribution in [2.45, 2.75) is 19.6 Å². The molecule has 3 heteroatoms. The van der Waals surface area contributed by atoms with Gasteiger partial charge in [0.15, 0.2) is 0 Å². The monoisotopic (exact) mass is 242 g/mol. The number of hydrogen-bond donors (Lipinski definition) is 1. The van der Waals surface area contributed by atoms with E-state index in [9.17, 15) is 0 Å². The van der Waals surface area contributed by atoms with Crippen molar-refractivity contribution in [3.63, 3.8) is 0 Å². The van der Waals surface area contributed by atoms with Crippen LogP contribution in [0.3, 0.4) is 0 Å². The number of hydrogen-bond acceptors (Lipinski definition) is 3. The third kappa shape index (κ3) is 3.08. The largest absolute Gasteiger partial charge is 0.380 e. The third-order valence-corrected chi connectivity index (χ3v) is 2.84. The summed E-state index contributed by atoms with van der Waals surface area (Å²) in [6.45, 7) is 2.69. The van der Waals surface area contributed by atoms with Crippen LogP contribution in [0.25, 0.3) is 0 Å². The van der Waals surface area contributed by atoms with Crippen molar-refractivity contribution in [2.24, 2.45) is 0 Å². The average Bonchev–Trinajstić information content (AvgIpc) is 2.42. The molecule has 3 nitrogen and oxygen atoms in total. The molecule has 1 heterocycles. The van der Waals surface area contributed by atoms with E-state index in [0.29, 0.717) is 6.61 Å². The van der Waals surface area contributed by atoms with Gasteiger partial charge < -0.3 is 10.1 Å². The SMILES string of the molecule is COCc1cccnc1NC(C)c1ccccc1. The van der Waals surface area contributed by atoms with Gasteiger partial charge in [-0.3, -0.25) is 0 Å². The quantitative estimate of drug-likeness (QED) is 0.872. The summed E-state index contributed by atoms with van der Waals surface area (Å²) < 4.78 is 5.18. The van der Waals surface area contributed by atoms with E-state index in [-0.39, 0.29) is 6.04 Å². The lowest BCUT2D eigenvalue weighted by Crippen LogP contribution is -2.10.